The molecule has 0 saturated carbocycles. The summed E-state index contributed by atoms with van der Waals surface area (Å²) in [7, 11) is 0. The first-order valence-corrected chi connectivity index (χ1v) is 10.4. The number of pyridine rings is 1. The first-order valence-electron chi connectivity index (χ1n) is 8.65. The van der Waals surface area contributed by atoms with Gasteiger partial charge in [-0.05, 0) is 29.4 Å². The molecule has 0 radical (unpaired) electrons. The zero-order valence-corrected chi connectivity index (χ0v) is 16.3. The fourth-order valence-electron chi connectivity index (χ4n) is 3.10. The smallest absolute Gasteiger partial charge is 0.272 e. The molecule has 0 amide bonds. The molecule has 132 valence electrons. The second-order valence-corrected chi connectivity index (χ2v) is 8.42. The number of thioether (sulfide) groups is 1. The Morgan fingerprint density at radius 1 is 1.19 bits per heavy atom. The molecular weight excluding hydrogens is 362 g/mol. The molecule has 26 heavy (non-hydrogen) atoms. The minimum absolute atomic E-state index is 0.0386. The van der Waals surface area contributed by atoms with Gasteiger partial charge in [0.2, 0.25) is 0 Å². The molecule has 0 aliphatic heterocycles. The van der Waals surface area contributed by atoms with Crippen molar-refractivity contribution in [3.05, 3.63) is 64.6 Å². The molecule has 1 atom stereocenters. The van der Waals surface area contributed by atoms with Gasteiger partial charge in [-0.15, -0.1) is 11.3 Å². The van der Waals surface area contributed by atoms with Crippen LogP contribution in [0.3, 0.4) is 0 Å². The Bertz CT molecular complexity index is 1120. The van der Waals surface area contributed by atoms with E-state index in [1.54, 1.807) is 18.0 Å². The van der Waals surface area contributed by atoms with E-state index in [0.29, 0.717) is 11.2 Å². The molecule has 6 heteroatoms. The van der Waals surface area contributed by atoms with Crippen molar-refractivity contribution < 1.29 is 0 Å². The molecule has 0 saturated heterocycles. The lowest BCUT2D eigenvalue weighted by molar-refractivity contribution is 0.532. The summed E-state index contributed by atoms with van der Waals surface area (Å²) in [6.45, 7) is 4.86. The second-order valence-electron chi connectivity index (χ2n) is 6.19. The quantitative estimate of drug-likeness (QED) is 0.364. The van der Waals surface area contributed by atoms with Gasteiger partial charge >= 0.3 is 0 Å². The topological polar surface area (TPSA) is 47.8 Å². The van der Waals surface area contributed by atoms with Crippen molar-refractivity contribution in [2.45, 2.75) is 31.5 Å². The molecule has 0 N–H and O–H groups in total. The summed E-state index contributed by atoms with van der Waals surface area (Å²) in [5.41, 5.74) is 2.05. The average molecular weight is 382 g/mol. The maximum absolute atomic E-state index is 13.3. The summed E-state index contributed by atoms with van der Waals surface area (Å²) in [5.74, 6) is 1.11. The number of hydrogen-bond acceptors (Lipinski definition) is 5. The van der Waals surface area contributed by atoms with E-state index < -0.39 is 0 Å². The van der Waals surface area contributed by atoms with Gasteiger partial charge in [-0.2, -0.15) is 0 Å². The van der Waals surface area contributed by atoms with Crippen LogP contribution in [-0.2, 0) is 6.54 Å². The van der Waals surface area contributed by atoms with Gasteiger partial charge in [-0.1, -0.05) is 55.9 Å². The fourth-order valence-corrected chi connectivity index (χ4v) is 4.86. The van der Waals surface area contributed by atoms with Crippen molar-refractivity contribution in [1.82, 2.24) is 14.5 Å². The molecule has 3 heterocycles. The fraction of sp³-hybridized carbons (Fsp3) is 0.250. The van der Waals surface area contributed by atoms with Crippen molar-refractivity contribution in [1.29, 1.82) is 0 Å². The maximum atomic E-state index is 13.3. The number of benzene rings is 1. The van der Waals surface area contributed by atoms with Gasteiger partial charge < -0.3 is 0 Å². The monoisotopic (exact) mass is 381 g/mol. The van der Waals surface area contributed by atoms with Crippen molar-refractivity contribution in [3.63, 3.8) is 0 Å². The van der Waals surface area contributed by atoms with Gasteiger partial charge in [0.05, 0.1) is 5.52 Å². The average Bonchev–Trinajstić information content (AvgIpc) is 3.04. The Morgan fingerprint density at radius 2 is 2.00 bits per heavy atom. The van der Waals surface area contributed by atoms with E-state index >= 15 is 0 Å². The Labute approximate surface area is 159 Å². The Balaban J connectivity index is 1.87. The summed E-state index contributed by atoms with van der Waals surface area (Å²) in [6, 6.07) is 14.2. The van der Waals surface area contributed by atoms with Crippen molar-refractivity contribution in [2.75, 3.05) is 5.75 Å². The second kappa shape index (κ2) is 7.21. The van der Waals surface area contributed by atoms with Crippen LogP contribution < -0.4 is 5.56 Å². The van der Waals surface area contributed by atoms with Crippen LogP contribution in [0.1, 0.15) is 25.3 Å². The normalized spacial score (nSPS) is 12.7. The molecule has 0 aliphatic rings. The highest BCUT2D eigenvalue weighted by atomic mass is 32.2. The molecule has 0 fully saturated rings. The van der Waals surface area contributed by atoms with Gasteiger partial charge in [-0.3, -0.25) is 9.36 Å². The number of thiophene rings is 1. The van der Waals surface area contributed by atoms with Crippen molar-refractivity contribution in [2.24, 2.45) is 0 Å². The van der Waals surface area contributed by atoms with Crippen LogP contribution in [-0.4, -0.2) is 20.3 Å². The van der Waals surface area contributed by atoms with Crippen LogP contribution in [0.5, 0.6) is 0 Å². The van der Waals surface area contributed by atoms with Gasteiger partial charge in [0, 0.05) is 18.1 Å². The number of aromatic nitrogens is 3. The predicted octanol–water partition coefficient (Wildman–Crippen LogP) is 4.92. The van der Waals surface area contributed by atoms with E-state index in [1.807, 2.05) is 34.9 Å². The Morgan fingerprint density at radius 3 is 2.77 bits per heavy atom. The third-order valence-electron chi connectivity index (χ3n) is 4.42. The molecule has 4 rings (SSSR count). The predicted molar refractivity (Wildman–Crippen MR) is 110 cm³/mol. The third kappa shape index (κ3) is 3.04. The number of hydrogen-bond donors (Lipinski definition) is 0. The lowest BCUT2D eigenvalue weighted by Crippen LogP contribution is -2.25. The third-order valence-corrected chi connectivity index (χ3v) is 6.37. The summed E-state index contributed by atoms with van der Waals surface area (Å²) in [4.78, 5) is 23.4. The van der Waals surface area contributed by atoms with Crippen molar-refractivity contribution >= 4 is 43.5 Å². The Hall–Kier alpha value is -2.18. The van der Waals surface area contributed by atoms with Gasteiger partial charge in [0.15, 0.2) is 5.16 Å². The van der Waals surface area contributed by atoms with E-state index in [0.717, 1.165) is 26.6 Å². The van der Waals surface area contributed by atoms with Crippen molar-refractivity contribution in [3.8, 4) is 0 Å². The van der Waals surface area contributed by atoms with Gasteiger partial charge in [-0.25, -0.2) is 9.97 Å². The number of fused-ring (bicyclic) bond motifs is 3. The van der Waals surface area contributed by atoms with E-state index in [4.69, 9.17) is 4.98 Å². The van der Waals surface area contributed by atoms with E-state index in [2.05, 4.69) is 31.0 Å². The molecular formula is C20H19N3OS2. The minimum Gasteiger partial charge on any atom is -0.286 e. The van der Waals surface area contributed by atoms with E-state index in [-0.39, 0.29) is 11.5 Å². The largest absolute Gasteiger partial charge is 0.286 e. The summed E-state index contributed by atoms with van der Waals surface area (Å²) in [5, 5.41) is 1.75. The lowest BCUT2D eigenvalue weighted by atomic mass is 10.0. The zero-order chi connectivity index (χ0) is 18.1. The first kappa shape index (κ1) is 17.2. The molecule has 1 unspecified atom stereocenters. The van der Waals surface area contributed by atoms with E-state index in [1.165, 1.54) is 16.9 Å². The molecule has 4 nitrogen and oxygen atoms in total. The number of nitrogens with zero attached hydrogens (tertiary/aromatic N) is 3. The maximum Gasteiger partial charge on any atom is 0.272 e. The molecule has 0 aliphatic carbocycles. The SMILES string of the molecule is CCSc1nc2c(sc3ncccc32)c(=O)n1CC(C)c1ccccc1. The van der Waals surface area contributed by atoms with Gasteiger partial charge in [0.1, 0.15) is 9.53 Å². The van der Waals surface area contributed by atoms with Crippen LogP contribution >= 0.6 is 23.1 Å². The van der Waals surface area contributed by atoms with E-state index in [9.17, 15) is 4.79 Å². The molecule has 3 aromatic heterocycles. The van der Waals surface area contributed by atoms with Crippen LogP contribution in [0.2, 0.25) is 0 Å². The molecule has 1 aromatic carbocycles. The minimum atomic E-state index is 0.0386. The highest BCUT2D eigenvalue weighted by Crippen LogP contribution is 2.31. The first-order chi connectivity index (χ1) is 12.7. The van der Waals surface area contributed by atoms with Crippen LogP contribution in [0.15, 0.2) is 58.6 Å². The molecule has 0 bridgehead atoms. The Kier molecular flexibility index (Phi) is 4.78. The summed E-state index contributed by atoms with van der Waals surface area (Å²) >= 11 is 3.05. The van der Waals surface area contributed by atoms with Crippen LogP contribution in [0.4, 0.5) is 0 Å². The highest BCUT2D eigenvalue weighted by molar-refractivity contribution is 7.99. The molecule has 4 aromatic rings. The van der Waals surface area contributed by atoms with Gasteiger partial charge in [0.25, 0.3) is 5.56 Å². The standard InChI is InChI=1S/C20H19N3OS2/c1-3-25-20-22-16-15-10-7-11-21-18(15)26-17(16)19(24)23(20)12-13(2)14-8-5-4-6-9-14/h4-11,13H,3,12H2,1-2H3. The van der Waals surface area contributed by atoms with Crippen LogP contribution in [0, 0.1) is 0 Å². The highest BCUT2D eigenvalue weighted by Gasteiger charge is 2.18. The van der Waals surface area contributed by atoms with Crippen LogP contribution in [0.25, 0.3) is 20.4 Å². The lowest BCUT2D eigenvalue weighted by Gasteiger charge is -2.16. The summed E-state index contributed by atoms with van der Waals surface area (Å²) in [6.07, 6.45) is 1.76. The summed E-state index contributed by atoms with van der Waals surface area (Å²) < 4.78 is 2.53. The zero-order valence-electron chi connectivity index (χ0n) is 14.7. The number of rotatable bonds is 5. The molecule has 0 spiro atoms.